The van der Waals surface area contributed by atoms with E-state index < -0.39 is 0 Å². The fourth-order valence-electron chi connectivity index (χ4n) is 5.87. The van der Waals surface area contributed by atoms with E-state index in [-0.39, 0.29) is 17.8 Å². The Hall–Kier alpha value is -2.77. The predicted molar refractivity (Wildman–Crippen MR) is 146 cm³/mol. The zero-order chi connectivity index (χ0) is 25.8. The minimum Gasteiger partial charge on any atom is -0.324 e. The van der Waals surface area contributed by atoms with Crippen molar-refractivity contribution in [2.24, 2.45) is 10.9 Å². The van der Waals surface area contributed by atoms with Crippen LogP contribution in [0.3, 0.4) is 0 Å². The van der Waals surface area contributed by atoms with Crippen LogP contribution in [0.2, 0.25) is 0 Å². The highest BCUT2D eigenvalue weighted by Gasteiger charge is 2.25. The zero-order valence-corrected chi connectivity index (χ0v) is 22.2. The molecule has 2 aromatic carbocycles. The molecule has 0 atom stereocenters. The van der Waals surface area contributed by atoms with Crippen molar-refractivity contribution in [1.82, 2.24) is 19.8 Å². The minimum atomic E-state index is -0.359. The number of hydrogen-bond donors (Lipinski definition) is 2. The molecule has 0 radical (unpaired) electrons. The number of rotatable bonds is 7. The Morgan fingerprint density at radius 1 is 1.05 bits per heavy atom. The van der Waals surface area contributed by atoms with E-state index >= 15 is 0 Å². The van der Waals surface area contributed by atoms with Crippen molar-refractivity contribution in [3.63, 3.8) is 0 Å². The molecular formula is C30H40FN5O. The second-order valence-corrected chi connectivity index (χ2v) is 11.2. The molecular weight excluding hydrogens is 465 g/mol. The van der Waals surface area contributed by atoms with Crippen molar-refractivity contribution in [2.45, 2.75) is 77.4 Å². The van der Waals surface area contributed by atoms with Crippen molar-refractivity contribution in [3.8, 4) is 0 Å². The topological polar surface area (TPSA) is 65.4 Å². The summed E-state index contributed by atoms with van der Waals surface area (Å²) in [6.07, 6.45) is 8.31. The zero-order valence-electron chi connectivity index (χ0n) is 22.2. The summed E-state index contributed by atoms with van der Waals surface area (Å²) >= 11 is 0. The Bertz CT molecular complexity index is 1260. The van der Waals surface area contributed by atoms with Crippen LogP contribution in [0, 0.1) is 11.7 Å². The molecule has 1 aliphatic carbocycles. The fraction of sp³-hybridized carbons (Fsp3) is 0.533. The van der Waals surface area contributed by atoms with Gasteiger partial charge in [-0.25, -0.2) is 4.39 Å². The van der Waals surface area contributed by atoms with E-state index in [4.69, 9.17) is 0 Å². The van der Waals surface area contributed by atoms with Crippen LogP contribution in [0.5, 0.6) is 0 Å². The molecule has 1 aromatic heterocycles. The lowest BCUT2D eigenvalue weighted by Crippen LogP contribution is -2.33. The van der Waals surface area contributed by atoms with Gasteiger partial charge in [-0.1, -0.05) is 26.3 Å². The summed E-state index contributed by atoms with van der Waals surface area (Å²) < 4.78 is 15.7. The summed E-state index contributed by atoms with van der Waals surface area (Å²) in [4.78, 5) is 23.5. The van der Waals surface area contributed by atoms with Crippen molar-refractivity contribution in [3.05, 3.63) is 65.0 Å². The normalized spacial score (nSPS) is 21.7. The lowest BCUT2D eigenvalue weighted by molar-refractivity contribution is 0.0996. The van der Waals surface area contributed by atoms with Crippen LogP contribution >= 0.6 is 0 Å². The third-order valence-electron chi connectivity index (χ3n) is 7.95. The van der Waals surface area contributed by atoms with Gasteiger partial charge in [-0.3, -0.25) is 9.69 Å². The molecule has 3 aromatic rings. The van der Waals surface area contributed by atoms with Gasteiger partial charge in [0.2, 0.25) is 5.62 Å². The minimum absolute atomic E-state index is 0.286. The molecule has 2 N–H and O–H groups in total. The quantitative estimate of drug-likeness (QED) is 0.442. The number of nitrogens with one attached hydrogen (secondary N) is 2. The van der Waals surface area contributed by atoms with Gasteiger partial charge in [0.15, 0.2) is 0 Å². The Kier molecular flexibility index (Phi) is 8.20. The van der Waals surface area contributed by atoms with E-state index in [0.29, 0.717) is 23.1 Å². The molecule has 2 fully saturated rings. The Labute approximate surface area is 219 Å². The number of benzene rings is 2. The van der Waals surface area contributed by atoms with Crippen LogP contribution in [0.15, 0.2) is 47.5 Å². The lowest BCUT2D eigenvalue weighted by Gasteiger charge is -2.30. The summed E-state index contributed by atoms with van der Waals surface area (Å²) in [6.45, 7) is 8.72. The van der Waals surface area contributed by atoms with Crippen LogP contribution in [0.25, 0.3) is 11.0 Å². The maximum absolute atomic E-state index is 13.4. The molecule has 5 rings (SSSR count). The van der Waals surface area contributed by atoms with Crippen molar-refractivity contribution >= 4 is 16.9 Å². The Balaban J connectivity index is 1.47. The number of carbonyl (C=O) groups is 1. The monoisotopic (exact) mass is 505 g/mol. The first-order chi connectivity index (χ1) is 18.0. The van der Waals surface area contributed by atoms with Crippen molar-refractivity contribution in [1.29, 1.82) is 0 Å². The smallest absolute Gasteiger partial charge is 0.280 e. The van der Waals surface area contributed by atoms with Crippen molar-refractivity contribution < 1.29 is 9.18 Å². The summed E-state index contributed by atoms with van der Waals surface area (Å²) in [5.41, 5.74) is 4.39. The number of amides is 1. The number of carbonyl (C=O) groups excluding carboxylic acids is 1. The van der Waals surface area contributed by atoms with E-state index in [1.807, 2.05) is 0 Å². The van der Waals surface area contributed by atoms with Crippen LogP contribution in [-0.2, 0) is 6.54 Å². The van der Waals surface area contributed by atoms with Crippen LogP contribution < -0.4 is 10.9 Å². The maximum atomic E-state index is 13.4. The summed E-state index contributed by atoms with van der Waals surface area (Å²) in [5.74, 6) is -0.0359. The summed E-state index contributed by atoms with van der Waals surface area (Å²) in [5, 5.41) is 3.59. The van der Waals surface area contributed by atoms with Gasteiger partial charge in [0.25, 0.3) is 5.91 Å². The van der Waals surface area contributed by atoms with E-state index in [2.05, 4.69) is 56.8 Å². The number of aromatic amines is 1. The Morgan fingerprint density at radius 2 is 1.78 bits per heavy atom. The molecule has 1 saturated carbocycles. The van der Waals surface area contributed by atoms with Crippen molar-refractivity contribution in [2.75, 3.05) is 19.6 Å². The first-order valence-electron chi connectivity index (χ1n) is 14.0. The molecule has 0 unspecified atom stereocenters. The number of halogens is 1. The third-order valence-corrected chi connectivity index (χ3v) is 7.95. The summed E-state index contributed by atoms with van der Waals surface area (Å²) in [6, 6.07) is 13.0. The SMILES string of the molecule is CC(C)NC[C@H]1CC[C@@H](n2c(=NC(=O)c3ccc(F)cc3)[nH]c3ccc(CN4CCCCC4)cc32)CC1. The highest BCUT2D eigenvalue weighted by molar-refractivity contribution is 5.94. The van der Waals surface area contributed by atoms with Gasteiger partial charge in [0, 0.05) is 24.2 Å². The highest BCUT2D eigenvalue weighted by Crippen LogP contribution is 2.33. The van der Waals surface area contributed by atoms with E-state index in [9.17, 15) is 9.18 Å². The fourth-order valence-corrected chi connectivity index (χ4v) is 5.87. The van der Waals surface area contributed by atoms with E-state index in [1.165, 1.54) is 49.1 Å². The largest absolute Gasteiger partial charge is 0.324 e. The second-order valence-electron chi connectivity index (χ2n) is 11.2. The molecule has 198 valence electrons. The maximum Gasteiger partial charge on any atom is 0.280 e. The molecule has 2 heterocycles. The summed E-state index contributed by atoms with van der Waals surface area (Å²) in [7, 11) is 0. The van der Waals surface area contributed by atoms with Crippen LogP contribution in [0.1, 0.15) is 80.8 Å². The van der Waals surface area contributed by atoms with E-state index in [0.717, 1.165) is 62.9 Å². The molecule has 1 amide bonds. The van der Waals surface area contributed by atoms with Gasteiger partial charge in [-0.2, -0.15) is 4.99 Å². The average molecular weight is 506 g/mol. The number of likely N-dealkylation sites (tertiary alicyclic amines) is 1. The number of hydrogen-bond acceptors (Lipinski definition) is 3. The van der Waals surface area contributed by atoms with Crippen LogP contribution in [0.4, 0.5) is 4.39 Å². The van der Waals surface area contributed by atoms with Gasteiger partial charge in [-0.15, -0.1) is 0 Å². The van der Waals surface area contributed by atoms with Gasteiger partial charge < -0.3 is 14.9 Å². The lowest BCUT2D eigenvalue weighted by atomic mass is 9.85. The molecule has 2 aliphatic rings. The second kappa shape index (κ2) is 11.7. The molecule has 6 nitrogen and oxygen atoms in total. The van der Waals surface area contributed by atoms with Crippen LogP contribution in [-0.4, -0.2) is 46.0 Å². The number of aromatic nitrogens is 2. The van der Waals surface area contributed by atoms with E-state index in [1.54, 1.807) is 0 Å². The van der Waals surface area contributed by atoms with Gasteiger partial charge in [0.1, 0.15) is 5.82 Å². The number of fused-ring (bicyclic) bond motifs is 1. The molecule has 0 bridgehead atoms. The first-order valence-corrected chi connectivity index (χ1v) is 14.0. The third kappa shape index (κ3) is 6.39. The highest BCUT2D eigenvalue weighted by atomic mass is 19.1. The number of imidazole rings is 1. The molecule has 0 spiro atoms. The predicted octanol–water partition coefficient (Wildman–Crippen LogP) is 5.56. The molecule has 37 heavy (non-hydrogen) atoms. The number of nitrogens with zero attached hydrogens (tertiary/aromatic N) is 3. The first kappa shape index (κ1) is 25.9. The number of piperidine rings is 1. The average Bonchev–Trinajstić information content (AvgIpc) is 3.25. The number of H-pyrrole nitrogens is 1. The Morgan fingerprint density at radius 3 is 2.49 bits per heavy atom. The molecule has 1 aliphatic heterocycles. The van der Waals surface area contributed by atoms with Gasteiger partial charge in [0.05, 0.1) is 11.0 Å². The van der Waals surface area contributed by atoms with Gasteiger partial charge in [-0.05, 0) is 106 Å². The van der Waals surface area contributed by atoms with Gasteiger partial charge >= 0.3 is 0 Å². The standard InChI is InChI=1S/C30H40FN5O/c1-21(2)32-19-22-6-13-26(14-7-22)36-28-18-23(20-35-16-4-3-5-17-35)8-15-27(28)33-30(36)34-29(37)24-9-11-25(31)12-10-24/h8-12,15,18,21-22,26,32H,3-7,13-14,16-17,19-20H2,1-2H3,(H,33,34,37)/t22-,26+. The molecule has 7 heteroatoms. The molecule has 1 saturated heterocycles.